The van der Waals surface area contributed by atoms with Crippen molar-refractivity contribution >= 4 is 5.91 Å². The number of likely N-dealkylation sites (tertiary alicyclic amines) is 1. The van der Waals surface area contributed by atoms with Crippen molar-refractivity contribution in [3.05, 3.63) is 42.5 Å². The lowest BCUT2D eigenvalue weighted by Crippen LogP contribution is -2.45. The Balaban J connectivity index is 2.11. The Morgan fingerprint density at radius 1 is 1.41 bits per heavy atom. The fourth-order valence-corrected chi connectivity index (χ4v) is 2.98. The lowest BCUT2D eigenvalue weighted by molar-refractivity contribution is -0.136. The maximum Gasteiger partial charge on any atom is 0.240 e. The zero-order valence-corrected chi connectivity index (χ0v) is 13.6. The number of hydrogen-bond acceptors (Lipinski definition) is 3. The third-order valence-corrected chi connectivity index (χ3v) is 4.26. The molecule has 1 heterocycles. The lowest BCUT2D eigenvalue weighted by Gasteiger charge is -2.30. The summed E-state index contributed by atoms with van der Waals surface area (Å²) in [6.07, 6.45) is 4.15. The molecule has 0 aliphatic carbocycles. The average Bonchev–Trinajstić information content (AvgIpc) is 3.08. The first kappa shape index (κ1) is 16.6. The second-order valence-electron chi connectivity index (χ2n) is 5.74. The van der Waals surface area contributed by atoms with Gasteiger partial charge < -0.3 is 9.64 Å². The number of rotatable bonds is 7. The standard InChI is InChI=1S/C18H26N2O2/c1-4-11-20(14-16-9-5-6-10-17(16)22-3)18(21)15(2)19-12-7-8-13-19/h4-6,9-10,15H,1,7-8,11-14H2,2-3H3. The summed E-state index contributed by atoms with van der Waals surface area (Å²) >= 11 is 0. The van der Waals surface area contributed by atoms with Crippen molar-refractivity contribution in [3.63, 3.8) is 0 Å². The number of ether oxygens (including phenoxy) is 1. The molecule has 0 radical (unpaired) electrons. The molecule has 1 aliphatic heterocycles. The van der Waals surface area contributed by atoms with E-state index >= 15 is 0 Å². The summed E-state index contributed by atoms with van der Waals surface area (Å²) in [7, 11) is 1.66. The molecular weight excluding hydrogens is 276 g/mol. The van der Waals surface area contributed by atoms with Crippen LogP contribution >= 0.6 is 0 Å². The predicted molar refractivity (Wildman–Crippen MR) is 88.9 cm³/mol. The van der Waals surface area contributed by atoms with Gasteiger partial charge in [0.25, 0.3) is 0 Å². The van der Waals surface area contributed by atoms with Crippen LogP contribution in [0.4, 0.5) is 0 Å². The van der Waals surface area contributed by atoms with Crippen LogP contribution in [0.25, 0.3) is 0 Å². The Morgan fingerprint density at radius 2 is 2.09 bits per heavy atom. The molecule has 0 aromatic heterocycles. The summed E-state index contributed by atoms with van der Waals surface area (Å²) in [5.41, 5.74) is 1.02. The number of amides is 1. The van der Waals surface area contributed by atoms with Crippen molar-refractivity contribution in [1.29, 1.82) is 0 Å². The van der Waals surface area contributed by atoms with Gasteiger partial charge in [-0.25, -0.2) is 0 Å². The molecule has 0 N–H and O–H groups in total. The van der Waals surface area contributed by atoms with Crippen molar-refractivity contribution in [3.8, 4) is 5.75 Å². The highest BCUT2D eigenvalue weighted by atomic mass is 16.5. The normalized spacial score (nSPS) is 16.3. The molecule has 0 bridgehead atoms. The van der Waals surface area contributed by atoms with Gasteiger partial charge in [-0.15, -0.1) is 6.58 Å². The molecule has 0 spiro atoms. The Hall–Kier alpha value is -1.81. The van der Waals surface area contributed by atoms with Gasteiger partial charge in [-0.3, -0.25) is 9.69 Å². The number of hydrogen-bond donors (Lipinski definition) is 0. The van der Waals surface area contributed by atoms with E-state index in [9.17, 15) is 4.79 Å². The summed E-state index contributed by atoms with van der Waals surface area (Å²) in [5.74, 6) is 0.978. The van der Waals surface area contributed by atoms with Gasteiger partial charge in [-0.2, -0.15) is 0 Å². The predicted octanol–water partition coefficient (Wildman–Crippen LogP) is 2.69. The molecule has 4 heteroatoms. The second-order valence-corrected chi connectivity index (χ2v) is 5.74. The molecule has 22 heavy (non-hydrogen) atoms. The van der Waals surface area contributed by atoms with Crippen LogP contribution in [0, 0.1) is 0 Å². The Kier molecular flexibility index (Phi) is 6.01. The lowest BCUT2D eigenvalue weighted by atomic mass is 10.1. The zero-order chi connectivity index (χ0) is 15.9. The molecule has 1 aromatic rings. The van der Waals surface area contributed by atoms with E-state index in [0.717, 1.165) is 24.4 Å². The highest BCUT2D eigenvalue weighted by Gasteiger charge is 2.27. The largest absolute Gasteiger partial charge is 0.496 e. The van der Waals surface area contributed by atoms with Crippen LogP contribution in [-0.4, -0.2) is 48.5 Å². The molecule has 2 rings (SSSR count). The molecule has 1 unspecified atom stereocenters. The van der Waals surface area contributed by atoms with E-state index in [-0.39, 0.29) is 11.9 Å². The fourth-order valence-electron chi connectivity index (χ4n) is 2.98. The van der Waals surface area contributed by atoms with Crippen LogP contribution in [0.15, 0.2) is 36.9 Å². The first-order valence-electron chi connectivity index (χ1n) is 7.93. The third kappa shape index (κ3) is 3.89. The van der Waals surface area contributed by atoms with Crippen LogP contribution in [0.1, 0.15) is 25.3 Å². The molecule has 1 aromatic carbocycles. The summed E-state index contributed by atoms with van der Waals surface area (Å²) in [6, 6.07) is 7.77. The first-order valence-corrected chi connectivity index (χ1v) is 7.93. The molecule has 1 atom stereocenters. The maximum absolute atomic E-state index is 12.8. The number of methoxy groups -OCH3 is 1. The highest BCUT2D eigenvalue weighted by Crippen LogP contribution is 2.21. The monoisotopic (exact) mass is 302 g/mol. The van der Waals surface area contributed by atoms with Gasteiger partial charge in [-0.1, -0.05) is 24.3 Å². The number of carbonyl (C=O) groups is 1. The fraction of sp³-hybridized carbons (Fsp3) is 0.500. The molecule has 120 valence electrons. The number of benzene rings is 1. The van der Waals surface area contributed by atoms with E-state index in [2.05, 4.69) is 11.5 Å². The van der Waals surface area contributed by atoms with Crippen molar-refractivity contribution in [2.24, 2.45) is 0 Å². The molecule has 1 amide bonds. The summed E-state index contributed by atoms with van der Waals surface area (Å²) in [5, 5.41) is 0. The minimum atomic E-state index is -0.0721. The molecule has 1 aliphatic rings. The summed E-state index contributed by atoms with van der Waals surface area (Å²) in [4.78, 5) is 16.9. The van der Waals surface area contributed by atoms with E-state index in [4.69, 9.17) is 4.74 Å². The Morgan fingerprint density at radius 3 is 2.73 bits per heavy atom. The maximum atomic E-state index is 12.8. The van der Waals surface area contributed by atoms with Gasteiger partial charge in [0.1, 0.15) is 5.75 Å². The third-order valence-electron chi connectivity index (χ3n) is 4.26. The van der Waals surface area contributed by atoms with Gasteiger partial charge >= 0.3 is 0 Å². The number of nitrogens with zero attached hydrogens (tertiary/aromatic N) is 2. The zero-order valence-electron chi connectivity index (χ0n) is 13.6. The Labute approximate surface area is 133 Å². The average molecular weight is 302 g/mol. The van der Waals surface area contributed by atoms with Gasteiger partial charge in [-0.05, 0) is 38.9 Å². The van der Waals surface area contributed by atoms with Gasteiger partial charge in [0.2, 0.25) is 5.91 Å². The first-order chi connectivity index (χ1) is 10.7. The van der Waals surface area contributed by atoms with E-state index in [1.165, 1.54) is 12.8 Å². The van der Waals surface area contributed by atoms with Crippen LogP contribution in [0.2, 0.25) is 0 Å². The Bertz CT molecular complexity index is 510. The van der Waals surface area contributed by atoms with Crippen molar-refractivity contribution in [1.82, 2.24) is 9.80 Å². The second kappa shape index (κ2) is 7.99. The summed E-state index contributed by atoms with van der Waals surface area (Å²) in [6.45, 7) is 8.93. The smallest absolute Gasteiger partial charge is 0.240 e. The molecule has 0 saturated carbocycles. The van der Waals surface area contributed by atoms with Crippen LogP contribution in [-0.2, 0) is 11.3 Å². The summed E-state index contributed by atoms with van der Waals surface area (Å²) < 4.78 is 5.39. The number of para-hydroxylation sites is 1. The molecule has 1 saturated heterocycles. The highest BCUT2D eigenvalue weighted by molar-refractivity contribution is 5.81. The van der Waals surface area contributed by atoms with Gasteiger partial charge in [0.15, 0.2) is 0 Å². The minimum absolute atomic E-state index is 0.0721. The minimum Gasteiger partial charge on any atom is -0.496 e. The van der Waals surface area contributed by atoms with Crippen LogP contribution in [0.3, 0.4) is 0 Å². The van der Waals surface area contributed by atoms with Crippen molar-refractivity contribution in [2.75, 3.05) is 26.7 Å². The molecule has 4 nitrogen and oxygen atoms in total. The number of carbonyl (C=O) groups excluding carboxylic acids is 1. The topological polar surface area (TPSA) is 32.8 Å². The van der Waals surface area contributed by atoms with Gasteiger partial charge in [0, 0.05) is 18.7 Å². The molecular formula is C18H26N2O2. The van der Waals surface area contributed by atoms with Crippen LogP contribution in [0.5, 0.6) is 5.75 Å². The van der Waals surface area contributed by atoms with E-state index in [0.29, 0.717) is 13.1 Å². The SMILES string of the molecule is C=CCN(Cc1ccccc1OC)C(=O)C(C)N1CCCC1. The van der Waals surface area contributed by atoms with E-state index < -0.39 is 0 Å². The van der Waals surface area contributed by atoms with E-state index in [1.807, 2.05) is 36.1 Å². The van der Waals surface area contributed by atoms with Gasteiger partial charge in [0.05, 0.1) is 13.2 Å². The quantitative estimate of drug-likeness (QED) is 0.726. The van der Waals surface area contributed by atoms with Crippen molar-refractivity contribution in [2.45, 2.75) is 32.4 Å². The van der Waals surface area contributed by atoms with E-state index in [1.54, 1.807) is 13.2 Å². The van der Waals surface area contributed by atoms with Crippen LogP contribution < -0.4 is 4.74 Å². The molecule has 1 fully saturated rings. The van der Waals surface area contributed by atoms with Crippen molar-refractivity contribution < 1.29 is 9.53 Å².